The second-order valence-corrected chi connectivity index (χ2v) is 8.58. The lowest BCUT2D eigenvalue weighted by Gasteiger charge is -2.27. The maximum atomic E-state index is 13.2. The number of aryl methyl sites for hydroxylation is 1. The van der Waals surface area contributed by atoms with Crippen LogP contribution in [0.2, 0.25) is 0 Å². The number of halogens is 1. The van der Waals surface area contributed by atoms with E-state index in [1.807, 2.05) is 25.1 Å². The number of benzene rings is 2. The summed E-state index contributed by atoms with van der Waals surface area (Å²) in [5.74, 6) is 1.63. The van der Waals surface area contributed by atoms with Gasteiger partial charge in [0.2, 0.25) is 0 Å². The van der Waals surface area contributed by atoms with Crippen molar-refractivity contribution in [1.82, 2.24) is 9.88 Å². The van der Waals surface area contributed by atoms with Gasteiger partial charge >= 0.3 is 0 Å². The molecule has 0 unspecified atom stereocenters. The standard InChI is InChI=1S/C25H25FN2O4S/c1-15-23(33-24(27-15)17-5-7-18(26)8-6-17)25(29)28-11-9-16(10-12-28)22-20(31-3)13-19(30-2)14-21(22)32-4/h5-9,13-14H,10-12H2,1-4H3. The van der Waals surface area contributed by atoms with E-state index in [9.17, 15) is 9.18 Å². The second kappa shape index (κ2) is 9.62. The summed E-state index contributed by atoms with van der Waals surface area (Å²) >= 11 is 1.33. The number of rotatable bonds is 6. The largest absolute Gasteiger partial charge is 0.496 e. The SMILES string of the molecule is COc1cc(OC)c(C2=CCN(C(=O)c3sc(-c4ccc(F)cc4)nc3C)CC2)c(OC)c1. The van der Waals surface area contributed by atoms with Gasteiger partial charge in [0.25, 0.3) is 5.91 Å². The van der Waals surface area contributed by atoms with E-state index >= 15 is 0 Å². The van der Waals surface area contributed by atoms with Crippen molar-refractivity contribution >= 4 is 22.8 Å². The van der Waals surface area contributed by atoms with Crippen molar-refractivity contribution in [1.29, 1.82) is 0 Å². The molecule has 6 nitrogen and oxygen atoms in total. The Bertz CT molecular complexity index is 1180. The first-order valence-corrected chi connectivity index (χ1v) is 11.3. The van der Waals surface area contributed by atoms with Crippen molar-refractivity contribution in [2.45, 2.75) is 13.3 Å². The molecule has 1 amide bonds. The number of carbonyl (C=O) groups excluding carboxylic acids is 1. The van der Waals surface area contributed by atoms with Gasteiger partial charge in [-0.2, -0.15) is 0 Å². The van der Waals surface area contributed by atoms with Gasteiger partial charge in [-0.15, -0.1) is 11.3 Å². The minimum atomic E-state index is -0.302. The molecule has 2 heterocycles. The van der Waals surface area contributed by atoms with Gasteiger partial charge in [-0.3, -0.25) is 4.79 Å². The van der Waals surface area contributed by atoms with Crippen molar-refractivity contribution in [3.8, 4) is 27.8 Å². The minimum absolute atomic E-state index is 0.0534. The van der Waals surface area contributed by atoms with E-state index in [1.165, 1.54) is 23.5 Å². The number of nitrogens with zero attached hydrogens (tertiary/aromatic N) is 2. The molecule has 0 N–H and O–H groups in total. The number of methoxy groups -OCH3 is 3. The topological polar surface area (TPSA) is 60.9 Å². The molecule has 0 saturated carbocycles. The Morgan fingerprint density at radius 2 is 1.73 bits per heavy atom. The molecule has 8 heteroatoms. The van der Waals surface area contributed by atoms with Gasteiger partial charge in [0.15, 0.2) is 0 Å². The first kappa shape index (κ1) is 22.8. The van der Waals surface area contributed by atoms with Gasteiger partial charge in [0.05, 0.1) is 32.6 Å². The summed E-state index contributed by atoms with van der Waals surface area (Å²) in [5, 5.41) is 0.705. The van der Waals surface area contributed by atoms with Gasteiger partial charge in [0.1, 0.15) is 33.0 Å². The smallest absolute Gasteiger partial charge is 0.266 e. The molecule has 1 aliphatic rings. The predicted octanol–water partition coefficient (Wildman–Crippen LogP) is 5.21. The van der Waals surface area contributed by atoms with Crippen LogP contribution in [0.25, 0.3) is 16.1 Å². The van der Waals surface area contributed by atoms with Crippen LogP contribution in [0.1, 0.15) is 27.3 Å². The van der Waals surface area contributed by atoms with E-state index in [2.05, 4.69) is 4.98 Å². The van der Waals surface area contributed by atoms with Gasteiger partial charge in [0, 0.05) is 30.8 Å². The molecule has 0 radical (unpaired) electrons. The highest BCUT2D eigenvalue weighted by atomic mass is 32.1. The van der Waals surface area contributed by atoms with Crippen LogP contribution in [0.4, 0.5) is 4.39 Å². The van der Waals surface area contributed by atoms with Crippen LogP contribution in [-0.4, -0.2) is 50.2 Å². The molecular formula is C25H25FN2O4S. The third-order valence-corrected chi connectivity index (χ3v) is 6.81. The summed E-state index contributed by atoms with van der Waals surface area (Å²) < 4.78 is 29.7. The number of ether oxygens (including phenoxy) is 3. The van der Waals surface area contributed by atoms with Gasteiger partial charge in [-0.1, -0.05) is 6.08 Å². The summed E-state index contributed by atoms with van der Waals surface area (Å²) in [6.45, 7) is 2.86. The van der Waals surface area contributed by atoms with Crippen molar-refractivity contribution in [2.75, 3.05) is 34.4 Å². The zero-order valence-electron chi connectivity index (χ0n) is 19.0. The summed E-state index contributed by atoms with van der Waals surface area (Å²) in [6.07, 6.45) is 2.69. The Labute approximate surface area is 196 Å². The van der Waals surface area contributed by atoms with Crippen LogP contribution >= 0.6 is 11.3 Å². The quantitative estimate of drug-likeness (QED) is 0.497. The molecule has 1 aliphatic heterocycles. The molecule has 1 aromatic heterocycles. The van der Waals surface area contributed by atoms with Crippen molar-refractivity contribution in [3.63, 3.8) is 0 Å². The Balaban J connectivity index is 1.56. The Morgan fingerprint density at radius 1 is 1.06 bits per heavy atom. The number of hydrogen-bond acceptors (Lipinski definition) is 6. The molecule has 33 heavy (non-hydrogen) atoms. The number of carbonyl (C=O) groups is 1. The first-order valence-electron chi connectivity index (χ1n) is 10.5. The Morgan fingerprint density at radius 3 is 2.27 bits per heavy atom. The van der Waals surface area contributed by atoms with Gasteiger partial charge < -0.3 is 19.1 Å². The highest BCUT2D eigenvalue weighted by molar-refractivity contribution is 7.17. The normalized spacial score (nSPS) is 13.5. The van der Waals surface area contributed by atoms with E-state index in [4.69, 9.17) is 14.2 Å². The van der Waals surface area contributed by atoms with Crippen LogP contribution in [0.15, 0.2) is 42.5 Å². The van der Waals surface area contributed by atoms with Gasteiger partial charge in [-0.25, -0.2) is 9.37 Å². The molecule has 0 saturated heterocycles. The fourth-order valence-electron chi connectivity index (χ4n) is 3.86. The molecule has 172 valence electrons. The van der Waals surface area contributed by atoms with Crippen LogP contribution in [0.5, 0.6) is 17.2 Å². The zero-order valence-corrected chi connectivity index (χ0v) is 19.8. The molecule has 0 spiro atoms. The maximum Gasteiger partial charge on any atom is 0.266 e. The second-order valence-electron chi connectivity index (χ2n) is 7.58. The van der Waals surface area contributed by atoms with E-state index < -0.39 is 0 Å². The van der Waals surface area contributed by atoms with Crippen LogP contribution in [-0.2, 0) is 0 Å². The van der Waals surface area contributed by atoms with Crippen molar-refractivity contribution in [2.24, 2.45) is 0 Å². The van der Waals surface area contributed by atoms with E-state index in [0.717, 1.165) is 16.7 Å². The molecule has 0 fully saturated rings. The average molecular weight is 469 g/mol. The Hall–Kier alpha value is -3.39. The number of amides is 1. The third kappa shape index (κ3) is 4.57. The van der Waals surface area contributed by atoms with Crippen molar-refractivity contribution < 1.29 is 23.4 Å². The fourth-order valence-corrected chi connectivity index (χ4v) is 4.90. The predicted molar refractivity (Wildman–Crippen MR) is 127 cm³/mol. The average Bonchev–Trinajstić information content (AvgIpc) is 3.24. The summed E-state index contributed by atoms with van der Waals surface area (Å²) in [4.78, 5) is 20.2. The fraction of sp³-hybridized carbons (Fsp3) is 0.280. The van der Waals surface area contributed by atoms with E-state index in [0.29, 0.717) is 52.3 Å². The monoisotopic (exact) mass is 468 g/mol. The summed E-state index contributed by atoms with van der Waals surface area (Å²) in [5.41, 5.74) is 3.41. The molecule has 0 aliphatic carbocycles. The third-order valence-electron chi connectivity index (χ3n) is 5.61. The first-order chi connectivity index (χ1) is 15.9. The van der Waals surface area contributed by atoms with Crippen LogP contribution in [0.3, 0.4) is 0 Å². The molecular weight excluding hydrogens is 443 g/mol. The van der Waals surface area contributed by atoms with Crippen LogP contribution in [0, 0.1) is 12.7 Å². The minimum Gasteiger partial charge on any atom is -0.496 e. The number of hydrogen-bond donors (Lipinski definition) is 0. The lowest BCUT2D eigenvalue weighted by Crippen LogP contribution is -2.34. The molecule has 4 rings (SSSR count). The summed E-state index contributed by atoms with van der Waals surface area (Å²) in [6, 6.07) is 9.79. The lowest BCUT2D eigenvalue weighted by molar-refractivity contribution is 0.0776. The molecule has 0 bridgehead atoms. The van der Waals surface area contributed by atoms with Crippen molar-refractivity contribution in [3.05, 3.63) is 64.4 Å². The lowest BCUT2D eigenvalue weighted by atomic mass is 9.97. The maximum absolute atomic E-state index is 13.2. The van der Waals surface area contributed by atoms with Crippen LogP contribution < -0.4 is 14.2 Å². The highest BCUT2D eigenvalue weighted by Gasteiger charge is 2.26. The summed E-state index contributed by atoms with van der Waals surface area (Å²) in [7, 11) is 4.82. The zero-order chi connectivity index (χ0) is 23.5. The van der Waals surface area contributed by atoms with E-state index in [1.54, 1.807) is 38.4 Å². The molecule has 0 atom stereocenters. The molecule has 3 aromatic rings. The Kier molecular flexibility index (Phi) is 6.65. The number of thiazole rings is 1. The highest BCUT2D eigenvalue weighted by Crippen LogP contribution is 2.41. The molecule has 2 aromatic carbocycles. The van der Waals surface area contributed by atoms with E-state index in [-0.39, 0.29) is 11.7 Å². The van der Waals surface area contributed by atoms with Gasteiger partial charge in [-0.05, 0) is 43.2 Å². The number of aromatic nitrogens is 1.